The molecule has 1 aliphatic rings. The van der Waals surface area contributed by atoms with Gasteiger partial charge in [0, 0.05) is 5.56 Å². The van der Waals surface area contributed by atoms with E-state index in [9.17, 15) is 9.59 Å². The third kappa shape index (κ3) is 5.02. The first kappa shape index (κ1) is 19.4. The van der Waals surface area contributed by atoms with E-state index in [-0.39, 0.29) is 23.7 Å². The van der Waals surface area contributed by atoms with Gasteiger partial charge in [-0.05, 0) is 18.2 Å². The van der Waals surface area contributed by atoms with Crippen molar-refractivity contribution < 1.29 is 24.0 Å². The van der Waals surface area contributed by atoms with Crippen LogP contribution in [0.1, 0.15) is 10.9 Å². The van der Waals surface area contributed by atoms with Gasteiger partial charge in [0.05, 0.1) is 47.2 Å². The molecule has 1 aromatic rings. The summed E-state index contributed by atoms with van der Waals surface area (Å²) in [5, 5.41) is 2.60. The fourth-order valence-electron chi connectivity index (χ4n) is 2.58. The Morgan fingerprint density at radius 3 is 2.76 bits per heavy atom. The highest BCUT2D eigenvalue weighted by Gasteiger charge is 2.36. The Hall–Kier alpha value is -1.93. The summed E-state index contributed by atoms with van der Waals surface area (Å²) in [6.45, 7) is 1.46. The minimum atomic E-state index is -0.261. The molecule has 0 aliphatic carbocycles. The Kier molecular flexibility index (Phi) is 6.95. The average Bonchev–Trinajstić information content (AvgIpc) is 2.94. The lowest BCUT2D eigenvalue weighted by atomic mass is 10.1. The van der Waals surface area contributed by atoms with Gasteiger partial charge in [0.15, 0.2) is 0 Å². The summed E-state index contributed by atoms with van der Waals surface area (Å²) in [6, 6.07) is 5.48. The van der Waals surface area contributed by atoms with Gasteiger partial charge in [0.2, 0.25) is 11.8 Å². The molecule has 0 radical (unpaired) electrons. The quantitative estimate of drug-likeness (QED) is 0.650. The first-order chi connectivity index (χ1) is 12.0. The number of likely N-dealkylation sites (N-methyl/N-ethyl adjacent to an activating group) is 1. The third-order valence-electron chi connectivity index (χ3n) is 3.93. The van der Waals surface area contributed by atoms with Crippen molar-refractivity contribution in [3.05, 3.63) is 23.8 Å². The summed E-state index contributed by atoms with van der Waals surface area (Å²) >= 11 is 1.49. The molecule has 0 saturated carbocycles. The monoisotopic (exact) mass is 368 g/mol. The van der Waals surface area contributed by atoms with Crippen LogP contribution in [0.3, 0.4) is 0 Å². The van der Waals surface area contributed by atoms with E-state index in [1.165, 1.54) is 16.7 Å². The van der Waals surface area contributed by atoms with Gasteiger partial charge in [0.1, 0.15) is 23.4 Å². The van der Waals surface area contributed by atoms with Gasteiger partial charge < -0.3 is 24.6 Å². The van der Waals surface area contributed by atoms with E-state index in [0.717, 1.165) is 12.1 Å². The molecule has 1 atom stereocenters. The van der Waals surface area contributed by atoms with Crippen molar-refractivity contribution >= 4 is 23.6 Å². The van der Waals surface area contributed by atoms with Gasteiger partial charge in [-0.2, -0.15) is 0 Å². The summed E-state index contributed by atoms with van der Waals surface area (Å²) in [4.78, 5) is 27.3. The van der Waals surface area contributed by atoms with Crippen LogP contribution in [0.4, 0.5) is 0 Å². The number of benzene rings is 1. The lowest BCUT2D eigenvalue weighted by Gasteiger charge is -2.25. The first-order valence-electron chi connectivity index (χ1n) is 8.15. The molecular weight excluding hydrogens is 342 g/mol. The fraction of sp³-hybridized carbons (Fsp3) is 0.529. The second kappa shape index (κ2) is 8.96. The van der Waals surface area contributed by atoms with Gasteiger partial charge in [0.25, 0.3) is 0 Å². The number of ether oxygens (including phenoxy) is 2. The molecule has 1 fully saturated rings. The topological polar surface area (TPSA) is 72.3 Å². The fourth-order valence-corrected chi connectivity index (χ4v) is 3.78. The maximum absolute atomic E-state index is 12.3. The smallest absolute Gasteiger partial charge is 0.239 e. The Morgan fingerprint density at radius 2 is 2.12 bits per heavy atom. The molecule has 7 nitrogen and oxygen atoms in total. The number of nitrogens with zero attached hydrogens (tertiary/aromatic N) is 1. The number of hydrogen-bond acceptors (Lipinski definition) is 5. The molecule has 2 N–H and O–H groups in total. The molecule has 2 amide bonds. The number of carbonyl (C=O) groups excluding carboxylic acids is 2. The number of amides is 2. The van der Waals surface area contributed by atoms with Crippen molar-refractivity contribution in [1.29, 1.82) is 0 Å². The van der Waals surface area contributed by atoms with E-state index in [4.69, 9.17) is 9.47 Å². The molecule has 0 aromatic heterocycles. The van der Waals surface area contributed by atoms with Gasteiger partial charge >= 0.3 is 0 Å². The van der Waals surface area contributed by atoms with Gasteiger partial charge in [-0.25, -0.2) is 0 Å². The summed E-state index contributed by atoms with van der Waals surface area (Å²) in [5.74, 6) is 1.51. The van der Waals surface area contributed by atoms with Crippen molar-refractivity contribution in [1.82, 2.24) is 10.2 Å². The third-order valence-corrected chi connectivity index (χ3v) is 5.17. The van der Waals surface area contributed by atoms with Crippen LogP contribution in [-0.2, 0) is 9.59 Å². The van der Waals surface area contributed by atoms with Crippen LogP contribution in [-0.4, -0.2) is 70.4 Å². The molecule has 1 aromatic carbocycles. The summed E-state index contributed by atoms with van der Waals surface area (Å²) in [6.07, 6.45) is 0. The number of methoxy groups -OCH3 is 2. The van der Waals surface area contributed by atoms with Gasteiger partial charge in [-0.1, -0.05) is 0 Å². The van der Waals surface area contributed by atoms with Crippen LogP contribution in [0.2, 0.25) is 0 Å². The Labute approximate surface area is 152 Å². The van der Waals surface area contributed by atoms with E-state index in [1.807, 2.05) is 32.3 Å². The van der Waals surface area contributed by atoms with E-state index in [1.54, 1.807) is 19.1 Å². The number of thioether (sulfide) groups is 1. The largest absolute Gasteiger partial charge is 0.497 e. The number of hydrogen-bond donors (Lipinski definition) is 2. The molecule has 2 rings (SSSR count). The second-order valence-corrected chi connectivity index (χ2v) is 7.17. The van der Waals surface area contributed by atoms with E-state index >= 15 is 0 Å². The molecule has 8 heteroatoms. The summed E-state index contributed by atoms with van der Waals surface area (Å²) in [5.41, 5.74) is 0.836. The van der Waals surface area contributed by atoms with Crippen LogP contribution in [0.25, 0.3) is 0 Å². The Morgan fingerprint density at radius 1 is 1.36 bits per heavy atom. The molecule has 1 heterocycles. The Bertz CT molecular complexity index is 624. The zero-order chi connectivity index (χ0) is 18.4. The molecule has 0 unspecified atom stereocenters. The number of carbonyl (C=O) groups is 2. The second-order valence-electron chi connectivity index (χ2n) is 6.10. The van der Waals surface area contributed by atoms with Crippen LogP contribution in [0, 0.1) is 0 Å². The number of quaternary nitrogens is 1. The predicted molar refractivity (Wildman–Crippen MR) is 97.1 cm³/mol. The number of nitrogens with one attached hydrogen (secondary N) is 2. The minimum absolute atomic E-state index is 0.0413. The standard InChI is InChI=1S/C17H25N3O4S/c1-19(2)8-7-18-15(21)10-20-16(22)11-25-17(20)13-9-12(23-3)5-6-14(13)24-4/h5-6,9,17H,7-8,10-11H2,1-4H3,(H,18,21)/p+1/t17-/m1/s1. The van der Waals surface area contributed by atoms with Gasteiger partial charge in [-0.15, -0.1) is 11.8 Å². The maximum Gasteiger partial charge on any atom is 0.239 e. The molecule has 1 aliphatic heterocycles. The van der Waals surface area contributed by atoms with Gasteiger partial charge in [-0.3, -0.25) is 9.59 Å². The van der Waals surface area contributed by atoms with Crippen molar-refractivity contribution in [2.24, 2.45) is 0 Å². The lowest BCUT2D eigenvalue weighted by Crippen LogP contribution is -3.06. The van der Waals surface area contributed by atoms with Crippen LogP contribution in [0.5, 0.6) is 11.5 Å². The molecule has 0 bridgehead atoms. The SMILES string of the molecule is COc1ccc(OC)c([C@H]2SCC(=O)N2CC(=O)NCC[NH+](C)C)c1. The van der Waals surface area contributed by atoms with Crippen LogP contribution in [0.15, 0.2) is 18.2 Å². The molecular formula is C17H26N3O4S+. The molecule has 138 valence electrons. The molecule has 25 heavy (non-hydrogen) atoms. The van der Waals surface area contributed by atoms with Crippen LogP contribution >= 0.6 is 11.8 Å². The normalized spacial score (nSPS) is 17.1. The maximum atomic E-state index is 12.3. The van der Waals surface area contributed by atoms with Crippen molar-refractivity contribution in [2.75, 3.05) is 53.7 Å². The summed E-state index contributed by atoms with van der Waals surface area (Å²) < 4.78 is 10.7. The van der Waals surface area contributed by atoms with Crippen LogP contribution < -0.4 is 19.7 Å². The molecule has 1 saturated heterocycles. The molecule has 0 spiro atoms. The van der Waals surface area contributed by atoms with E-state index in [0.29, 0.717) is 23.8 Å². The van der Waals surface area contributed by atoms with Crippen molar-refractivity contribution in [3.63, 3.8) is 0 Å². The van der Waals surface area contributed by atoms with E-state index in [2.05, 4.69) is 5.32 Å². The highest BCUT2D eigenvalue weighted by molar-refractivity contribution is 8.00. The zero-order valence-corrected chi connectivity index (χ0v) is 15.9. The summed E-state index contributed by atoms with van der Waals surface area (Å²) in [7, 11) is 7.24. The first-order valence-corrected chi connectivity index (χ1v) is 9.20. The van der Waals surface area contributed by atoms with Crippen molar-refractivity contribution in [3.8, 4) is 11.5 Å². The van der Waals surface area contributed by atoms with E-state index < -0.39 is 0 Å². The Balaban J connectivity index is 2.12. The van der Waals surface area contributed by atoms with Crippen molar-refractivity contribution in [2.45, 2.75) is 5.37 Å². The minimum Gasteiger partial charge on any atom is -0.497 e. The number of rotatable bonds is 8. The zero-order valence-electron chi connectivity index (χ0n) is 15.1. The predicted octanol–water partition coefficient (Wildman–Crippen LogP) is -0.461. The highest BCUT2D eigenvalue weighted by Crippen LogP contribution is 2.43. The average molecular weight is 368 g/mol. The lowest BCUT2D eigenvalue weighted by molar-refractivity contribution is -0.856. The highest BCUT2D eigenvalue weighted by atomic mass is 32.2.